The van der Waals surface area contributed by atoms with Crippen molar-refractivity contribution in [1.29, 1.82) is 0 Å². The molecular formula is C25H25ClN6O. The van der Waals surface area contributed by atoms with E-state index in [-0.39, 0.29) is 12.3 Å². The lowest BCUT2D eigenvalue weighted by Gasteiger charge is -2.17. The van der Waals surface area contributed by atoms with Crippen LogP contribution in [-0.2, 0) is 11.2 Å². The third-order valence-electron chi connectivity index (χ3n) is 5.77. The molecule has 0 spiro atoms. The minimum atomic E-state index is -0.0849. The van der Waals surface area contributed by atoms with Gasteiger partial charge in [0, 0.05) is 47.8 Å². The number of carbonyl (C=O) groups is 1. The fraction of sp³-hybridized carbons (Fsp3) is 0.240. The van der Waals surface area contributed by atoms with Gasteiger partial charge in [0.05, 0.1) is 17.0 Å². The first-order valence-electron chi connectivity index (χ1n) is 11.1. The number of para-hydroxylation sites is 1. The second kappa shape index (κ2) is 9.11. The number of rotatable bonds is 6. The fourth-order valence-corrected chi connectivity index (χ4v) is 4.39. The maximum atomic E-state index is 12.6. The number of anilines is 4. The van der Waals surface area contributed by atoms with Gasteiger partial charge in [0.25, 0.3) is 0 Å². The van der Waals surface area contributed by atoms with Crippen LogP contribution in [0.5, 0.6) is 0 Å². The smallest absolute Gasteiger partial charge is 0.228 e. The molecule has 3 N–H and O–H groups in total. The Morgan fingerprint density at radius 1 is 1.09 bits per heavy atom. The molecule has 2 aromatic carbocycles. The summed E-state index contributed by atoms with van der Waals surface area (Å²) in [4.78, 5) is 27.2. The minimum Gasteiger partial charge on any atom is -0.360 e. The third kappa shape index (κ3) is 4.78. The highest BCUT2D eigenvalue weighted by Gasteiger charge is 2.16. The third-order valence-corrected chi connectivity index (χ3v) is 6.09. The average molecular weight is 461 g/mol. The van der Waals surface area contributed by atoms with E-state index < -0.39 is 0 Å². The summed E-state index contributed by atoms with van der Waals surface area (Å²) in [5.74, 6) is 1.45. The molecule has 0 bridgehead atoms. The number of H-pyrrole nitrogens is 1. The Balaban J connectivity index is 1.23. The number of aromatic nitrogens is 3. The second-order valence-electron chi connectivity index (χ2n) is 8.29. The van der Waals surface area contributed by atoms with Gasteiger partial charge in [0.2, 0.25) is 11.9 Å². The summed E-state index contributed by atoms with van der Waals surface area (Å²) in [6.07, 6.45) is 4.46. The van der Waals surface area contributed by atoms with Crippen LogP contribution < -0.4 is 15.5 Å². The highest BCUT2D eigenvalue weighted by molar-refractivity contribution is 6.35. The molecule has 1 fully saturated rings. The van der Waals surface area contributed by atoms with Gasteiger partial charge in [-0.1, -0.05) is 23.7 Å². The molecule has 0 radical (unpaired) electrons. The van der Waals surface area contributed by atoms with E-state index in [0.29, 0.717) is 5.02 Å². The maximum absolute atomic E-state index is 12.6. The van der Waals surface area contributed by atoms with Crippen LogP contribution in [0.15, 0.2) is 54.7 Å². The molecule has 1 aliphatic rings. The zero-order valence-electron chi connectivity index (χ0n) is 18.4. The number of nitrogens with zero attached hydrogens (tertiary/aromatic N) is 3. The molecule has 7 nitrogen and oxygen atoms in total. The van der Waals surface area contributed by atoms with Crippen LogP contribution in [0.3, 0.4) is 0 Å². The molecule has 5 rings (SSSR count). The first-order chi connectivity index (χ1) is 16.0. The number of nitrogens with one attached hydrogen (secondary N) is 3. The minimum absolute atomic E-state index is 0.0849. The highest BCUT2D eigenvalue weighted by atomic mass is 35.5. The predicted octanol–water partition coefficient (Wildman–Crippen LogP) is 5.44. The molecular weight excluding hydrogens is 436 g/mol. The molecule has 4 aromatic rings. The maximum Gasteiger partial charge on any atom is 0.228 e. The molecule has 0 saturated carbocycles. The van der Waals surface area contributed by atoms with Crippen molar-refractivity contribution in [2.45, 2.75) is 26.2 Å². The molecule has 3 heterocycles. The summed E-state index contributed by atoms with van der Waals surface area (Å²) < 4.78 is 0. The molecule has 2 aromatic heterocycles. The van der Waals surface area contributed by atoms with Crippen molar-refractivity contribution in [2.75, 3.05) is 28.6 Å². The molecule has 0 atom stereocenters. The predicted molar refractivity (Wildman–Crippen MR) is 134 cm³/mol. The number of amides is 1. The van der Waals surface area contributed by atoms with Crippen molar-refractivity contribution in [3.05, 3.63) is 71.0 Å². The zero-order valence-corrected chi connectivity index (χ0v) is 19.1. The second-order valence-corrected chi connectivity index (χ2v) is 8.70. The quantitative estimate of drug-likeness (QED) is 0.356. The van der Waals surface area contributed by atoms with Crippen LogP contribution >= 0.6 is 11.6 Å². The van der Waals surface area contributed by atoms with E-state index in [4.69, 9.17) is 11.6 Å². The molecule has 1 amide bonds. The lowest BCUT2D eigenvalue weighted by atomic mass is 10.1. The highest BCUT2D eigenvalue weighted by Crippen LogP contribution is 2.26. The van der Waals surface area contributed by atoms with Gasteiger partial charge in [-0.25, -0.2) is 4.98 Å². The normalized spacial score (nSPS) is 13.5. The van der Waals surface area contributed by atoms with Gasteiger partial charge >= 0.3 is 0 Å². The number of hydrogen-bond acceptors (Lipinski definition) is 5. The summed E-state index contributed by atoms with van der Waals surface area (Å²) >= 11 is 6.21. The molecule has 1 saturated heterocycles. The molecule has 0 unspecified atom stereocenters. The van der Waals surface area contributed by atoms with Gasteiger partial charge in [0.1, 0.15) is 5.82 Å². The first kappa shape index (κ1) is 21.3. The van der Waals surface area contributed by atoms with Crippen molar-refractivity contribution in [1.82, 2.24) is 15.0 Å². The topological polar surface area (TPSA) is 85.9 Å². The number of fused-ring (bicyclic) bond motifs is 1. The van der Waals surface area contributed by atoms with E-state index in [1.807, 2.05) is 61.7 Å². The number of benzene rings is 2. The van der Waals surface area contributed by atoms with Gasteiger partial charge in [-0.05, 0) is 55.7 Å². The van der Waals surface area contributed by atoms with Crippen LogP contribution in [0.1, 0.15) is 24.1 Å². The SMILES string of the molecule is Cc1cc(Nc2ccc(NC(=O)Cc3c[nH]c4c(Cl)cccc34)cc2)nc(N2CCCC2)n1. The van der Waals surface area contributed by atoms with Gasteiger partial charge < -0.3 is 20.5 Å². The van der Waals surface area contributed by atoms with Crippen molar-refractivity contribution in [3.8, 4) is 0 Å². The van der Waals surface area contributed by atoms with E-state index in [9.17, 15) is 4.79 Å². The number of halogens is 1. The Labute approximate surface area is 197 Å². The van der Waals surface area contributed by atoms with Gasteiger partial charge in [-0.2, -0.15) is 4.98 Å². The molecule has 0 aliphatic carbocycles. The first-order valence-corrected chi connectivity index (χ1v) is 11.4. The van der Waals surface area contributed by atoms with Crippen LogP contribution in [0, 0.1) is 6.92 Å². The summed E-state index contributed by atoms with van der Waals surface area (Å²) in [6.45, 7) is 3.98. The fourth-order valence-electron chi connectivity index (χ4n) is 4.16. The van der Waals surface area contributed by atoms with Crippen LogP contribution in [0.4, 0.5) is 23.1 Å². The monoisotopic (exact) mass is 460 g/mol. The largest absolute Gasteiger partial charge is 0.360 e. The van der Waals surface area contributed by atoms with Crippen LogP contribution in [0.2, 0.25) is 5.02 Å². The summed E-state index contributed by atoms with van der Waals surface area (Å²) in [5.41, 5.74) is 4.32. The standard InChI is InChI=1S/C25H25ClN6O/c1-16-13-22(31-25(28-16)32-11-2-3-12-32)29-18-7-9-19(10-8-18)30-23(33)14-17-15-27-24-20(17)5-4-6-21(24)26/h4-10,13,15,27H,2-3,11-12,14H2,1H3,(H,30,33)(H,28,29,31). The Bertz CT molecular complexity index is 1290. The molecule has 168 valence electrons. The molecule has 1 aliphatic heterocycles. The Morgan fingerprint density at radius 3 is 2.64 bits per heavy atom. The van der Waals surface area contributed by atoms with E-state index in [2.05, 4.69) is 30.5 Å². The van der Waals surface area contributed by atoms with Gasteiger partial charge in [0.15, 0.2) is 0 Å². The number of aromatic amines is 1. The van der Waals surface area contributed by atoms with Crippen LogP contribution in [-0.4, -0.2) is 33.9 Å². The van der Waals surface area contributed by atoms with Crippen molar-refractivity contribution >= 4 is 51.6 Å². The van der Waals surface area contributed by atoms with Crippen molar-refractivity contribution in [3.63, 3.8) is 0 Å². The Hall–Kier alpha value is -3.58. The summed E-state index contributed by atoms with van der Waals surface area (Å²) in [7, 11) is 0. The van der Waals surface area contributed by atoms with Crippen molar-refractivity contribution in [2.24, 2.45) is 0 Å². The van der Waals surface area contributed by atoms with E-state index in [0.717, 1.165) is 58.4 Å². The van der Waals surface area contributed by atoms with E-state index in [1.165, 1.54) is 12.8 Å². The average Bonchev–Trinajstić information content (AvgIpc) is 3.46. The van der Waals surface area contributed by atoms with E-state index in [1.54, 1.807) is 0 Å². The zero-order chi connectivity index (χ0) is 22.8. The van der Waals surface area contributed by atoms with Crippen molar-refractivity contribution < 1.29 is 4.79 Å². The Morgan fingerprint density at radius 2 is 1.85 bits per heavy atom. The number of hydrogen-bond donors (Lipinski definition) is 3. The summed E-state index contributed by atoms with van der Waals surface area (Å²) in [5, 5.41) is 7.91. The van der Waals surface area contributed by atoms with Gasteiger partial charge in [-0.15, -0.1) is 0 Å². The van der Waals surface area contributed by atoms with Crippen LogP contribution in [0.25, 0.3) is 10.9 Å². The molecule has 8 heteroatoms. The summed E-state index contributed by atoms with van der Waals surface area (Å²) in [6, 6.07) is 15.2. The number of aryl methyl sites for hydroxylation is 1. The Kier molecular flexibility index (Phi) is 5.88. The van der Waals surface area contributed by atoms with E-state index >= 15 is 0 Å². The number of carbonyl (C=O) groups excluding carboxylic acids is 1. The lowest BCUT2D eigenvalue weighted by Crippen LogP contribution is -2.21. The molecule has 33 heavy (non-hydrogen) atoms. The lowest BCUT2D eigenvalue weighted by molar-refractivity contribution is -0.115. The van der Waals surface area contributed by atoms with Gasteiger partial charge in [-0.3, -0.25) is 4.79 Å².